The molecule has 0 bridgehead atoms. The second kappa shape index (κ2) is 9.04. The summed E-state index contributed by atoms with van der Waals surface area (Å²) in [6.07, 6.45) is -0.438. The van der Waals surface area contributed by atoms with E-state index in [0.717, 1.165) is 57.9 Å². The lowest BCUT2D eigenvalue weighted by atomic mass is 9.98. The lowest BCUT2D eigenvalue weighted by Gasteiger charge is -2.54. The van der Waals surface area contributed by atoms with E-state index >= 15 is 0 Å². The number of ether oxygens (including phenoxy) is 2. The van der Waals surface area contributed by atoms with Crippen molar-refractivity contribution in [3.8, 4) is 0 Å². The maximum absolute atomic E-state index is 12.2. The topological polar surface area (TPSA) is 65.6 Å². The predicted molar refractivity (Wildman–Crippen MR) is 117 cm³/mol. The standard InChI is InChI=1S/C23H34N4O4/c1-23(2,3)31-22(29)25-11-9-24(10-12-25)19-13-26(14-19)20-15-27(16-20)21(28)30-17-18-7-5-4-6-8-18/h4-8,19-20H,9-17H2,1-3H3. The molecule has 4 rings (SSSR count). The summed E-state index contributed by atoms with van der Waals surface area (Å²) in [5.41, 5.74) is 0.554. The molecule has 0 aromatic heterocycles. The molecular formula is C23H34N4O4. The number of nitrogens with zero attached hydrogens (tertiary/aromatic N) is 4. The molecule has 0 saturated carbocycles. The molecule has 0 N–H and O–H groups in total. The van der Waals surface area contributed by atoms with Gasteiger partial charge in [-0.15, -0.1) is 0 Å². The molecule has 3 saturated heterocycles. The second-order valence-corrected chi connectivity index (χ2v) is 9.71. The lowest BCUT2D eigenvalue weighted by molar-refractivity contribution is -0.0588. The van der Waals surface area contributed by atoms with E-state index in [1.54, 1.807) is 4.90 Å². The summed E-state index contributed by atoms with van der Waals surface area (Å²) in [4.78, 5) is 32.9. The molecule has 3 heterocycles. The number of likely N-dealkylation sites (tertiary alicyclic amines) is 2. The highest BCUT2D eigenvalue weighted by Gasteiger charge is 2.43. The first kappa shape index (κ1) is 21.9. The highest BCUT2D eigenvalue weighted by molar-refractivity contribution is 5.69. The second-order valence-electron chi connectivity index (χ2n) is 9.71. The average molecular weight is 431 g/mol. The van der Waals surface area contributed by atoms with Gasteiger partial charge in [0.2, 0.25) is 0 Å². The number of hydrogen-bond donors (Lipinski definition) is 0. The van der Waals surface area contributed by atoms with Crippen molar-refractivity contribution in [2.24, 2.45) is 0 Å². The van der Waals surface area contributed by atoms with Crippen LogP contribution in [-0.2, 0) is 16.1 Å². The van der Waals surface area contributed by atoms with Crippen LogP contribution in [0.4, 0.5) is 9.59 Å². The van der Waals surface area contributed by atoms with E-state index in [2.05, 4.69) is 9.80 Å². The fraction of sp³-hybridized carbons (Fsp3) is 0.652. The van der Waals surface area contributed by atoms with E-state index in [1.807, 2.05) is 56.0 Å². The number of rotatable bonds is 4. The van der Waals surface area contributed by atoms with Crippen molar-refractivity contribution < 1.29 is 19.1 Å². The first-order valence-electron chi connectivity index (χ1n) is 11.2. The molecule has 31 heavy (non-hydrogen) atoms. The zero-order valence-corrected chi connectivity index (χ0v) is 18.8. The van der Waals surface area contributed by atoms with Crippen LogP contribution in [0, 0.1) is 0 Å². The molecule has 0 atom stereocenters. The van der Waals surface area contributed by atoms with Gasteiger partial charge < -0.3 is 19.3 Å². The van der Waals surface area contributed by atoms with Crippen LogP contribution < -0.4 is 0 Å². The Kier molecular flexibility index (Phi) is 6.39. The van der Waals surface area contributed by atoms with E-state index in [1.165, 1.54) is 0 Å². The van der Waals surface area contributed by atoms with Crippen LogP contribution in [0.25, 0.3) is 0 Å². The largest absolute Gasteiger partial charge is 0.445 e. The van der Waals surface area contributed by atoms with Gasteiger partial charge in [-0.25, -0.2) is 9.59 Å². The summed E-state index contributed by atoms with van der Waals surface area (Å²) in [6, 6.07) is 10.7. The highest BCUT2D eigenvalue weighted by Crippen LogP contribution is 2.25. The molecule has 0 aliphatic carbocycles. The normalized spacial score (nSPS) is 21.4. The van der Waals surface area contributed by atoms with Gasteiger partial charge in [-0.05, 0) is 26.3 Å². The molecule has 170 valence electrons. The first-order valence-corrected chi connectivity index (χ1v) is 11.2. The molecule has 3 aliphatic heterocycles. The van der Waals surface area contributed by atoms with Crippen LogP contribution in [0.1, 0.15) is 26.3 Å². The number of benzene rings is 1. The van der Waals surface area contributed by atoms with E-state index in [-0.39, 0.29) is 12.2 Å². The van der Waals surface area contributed by atoms with Gasteiger partial charge in [-0.3, -0.25) is 9.80 Å². The molecule has 0 spiro atoms. The smallest absolute Gasteiger partial charge is 0.410 e. The quantitative estimate of drug-likeness (QED) is 0.730. The predicted octanol–water partition coefficient (Wildman–Crippen LogP) is 2.24. The average Bonchev–Trinajstić information content (AvgIpc) is 2.66. The van der Waals surface area contributed by atoms with E-state index in [0.29, 0.717) is 18.7 Å². The van der Waals surface area contributed by atoms with Crippen LogP contribution in [0.2, 0.25) is 0 Å². The molecule has 3 aliphatic rings. The molecule has 8 nitrogen and oxygen atoms in total. The highest BCUT2D eigenvalue weighted by atomic mass is 16.6. The van der Waals surface area contributed by atoms with Crippen molar-refractivity contribution in [2.75, 3.05) is 52.4 Å². The SMILES string of the molecule is CC(C)(C)OC(=O)N1CCN(C2CN(C3CN(C(=O)OCc4ccccc4)C3)C2)CC1. The molecule has 2 amide bonds. The van der Waals surface area contributed by atoms with Crippen molar-refractivity contribution in [3.63, 3.8) is 0 Å². The van der Waals surface area contributed by atoms with Gasteiger partial charge in [-0.2, -0.15) is 0 Å². The molecule has 3 fully saturated rings. The van der Waals surface area contributed by atoms with Gasteiger partial charge in [-0.1, -0.05) is 30.3 Å². The minimum Gasteiger partial charge on any atom is -0.445 e. The number of carbonyl (C=O) groups is 2. The minimum atomic E-state index is -0.451. The Morgan fingerprint density at radius 2 is 1.45 bits per heavy atom. The maximum atomic E-state index is 12.2. The van der Waals surface area contributed by atoms with E-state index < -0.39 is 5.60 Å². The molecule has 1 aromatic rings. The summed E-state index contributed by atoms with van der Waals surface area (Å²) >= 11 is 0. The third-order valence-electron chi connectivity index (χ3n) is 6.21. The van der Waals surface area contributed by atoms with Gasteiger partial charge in [0.05, 0.1) is 0 Å². The monoisotopic (exact) mass is 430 g/mol. The van der Waals surface area contributed by atoms with Gasteiger partial charge in [0.1, 0.15) is 12.2 Å². The van der Waals surface area contributed by atoms with Crippen LogP contribution in [0.15, 0.2) is 30.3 Å². The zero-order valence-electron chi connectivity index (χ0n) is 18.8. The number of amides is 2. The Labute approximate surface area is 184 Å². The fourth-order valence-electron chi connectivity index (χ4n) is 4.26. The van der Waals surface area contributed by atoms with Crippen LogP contribution in [-0.4, -0.2) is 102 Å². The lowest BCUT2D eigenvalue weighted by Crippen LogP contribution is -2.71. The Morgan fingerprint density at radius 1 is 0.839 bits per heavy atom. The number of carbonyl (C=O) groups excluding carboxylic acids is 2. The Balaban J connectivity index is 1.11. The van der Waals surface area contributed by atoms with E-state index in [9.17, 15) is 9.59 Å². The van der Waals surface area contributed by atoms with Crippen molar-refractivity contribution in [1.29, 1.82) is 0 Å². The number of piperazine rings is 1. The van der Waals surface area contributed by atoms with Crippen molar-refractivity contribution in [2.45, 2.75) is 45.1 Å². The Hall–Kier alpha value is -2.32. The van der Waals surface area contributed by atoms with Gasteiger partial charge >= 0.3 is 12.2 Å². The molecule has 1 aromatic carbocycles. The third kappa shape index (κ3) is 5.49. The molecule has 0 radical (unpaired) electrons. The first-order chi connectivity index (χ1) is 14.8. The van der Waals surface area contributed by atoms with Crippen molar-refractivity contribution in [3.05, 3.63) is 35.9 Å². The van der Waals surface area contributed by atoms with Crippen molar-refractivity contribution in [1.82, 2.24) is 19.6 Å². The summed E-state index contributed by atoms with van der Waals surface area (Å²) in [6.45, 7) is 12.8. The maximum Gasteiger partial charge on any atom is 0.410 e. The summed E-state index contributed by atoms with van der Waals surface area (Å²) in [5.74, 6) is 0. The number of hydrogen-bond acceptors (Lipinski definition) is 6. The molecule has 0 unspecified atom stereocenters. The fourth-order valence-corrected chi connectivity index (χ4v) is 4.26. The van der Waals surface area contributed by atoms with Gasteiger partial charge in [0, 0.05) is 64.4 Å². The van der Waals surface area contributed by atoms with Gasteiger partial charge in [0.15, 0.2) is 0 Å². The summed E-state index contributed by atoms with van der Waals surface area (Å²) in [7, 11) is 0. The van der Waals surface area contributed by atoms with Crippen LogP contribution >= 0.6 is 0 Å². The van der Waals surface area contributed by atoms with Crippen LogP contribution in [0.3, 0.4) is 0 Å². The summed E-state index contributed by atoms with van der Waals surface area (Å²) < 4.78 is 10.9. The molecule has 8 heteroatoms. The third-order valence-corrected chi connectivity index (χ3v) is 6.21. The van der Waals surface area contributed by atoms with Crippen molar-refractivity contribution >= 4 is 12.2 Å². The Morgan fingerprint density at radius 3 is 2.06 bits per heavy atom. The van der Waals surface area contributed by atoms with Crippen LogP contribution in [0.5, 0.6) is 0 Å². The molecular weight excluding hydrogens is 396 g/mol. The van der Waals surface area contributed by atoms with E-state index in [4.69, 9.17) is 9.47 Å². The Bertz CT molecular complexity index is 762. The van der Waals surface area contributed by atoms with Gasteiger partial charge in [0.25, 0.3) is 0 Å². The zero-order chi connectivity index (χ0) is 22.0. The minimum absolute atomic E-state index is 0.212. The summed E-state index contributed by atoms with van der Waals surface area (Å²) in [5, 5.41) is 0.